The zero-order valence-corrected chi connectivity index (χ0v) is 32.7. The Morgan fingerprint density at radius 3 is 1.66 bits per heavy atom. The third-order valence-electron chi connectivity index (χ3n) is 12.1. The molecule has 0 spiro atoms. The minimum atomic E-state index is 0.558. The maximum atomic E-state index is 7.10. The molecule has 0 amide bonds. The maximum absolute atomic E-state index is 7.10. The van der Waals surface area contributed by atoms with Gasteiger partial charge in [0.25, 0.3) is 0 Å². The van der Waals surface area contributed by atoms with Crippen LogP contribution in [0.15, 0.2) is 205 Å². The smallest absolute Gasteiger partial charge is 0.167 e. The van der Waals surface area contributed by atoms with E-state index in [9.17, 15) is 0 Å². The molecule has 0 N–H and O–H groups in total. The first-order valence-corrected chi connectivity index (χ1v) is 20.5. The largest absolute Gasteiger partial charge is 0.455 e. The highest BCUT2D eigenvalue weighted by molar-refractivity contribution is 6.27. The summed E-state index contributed by atoms with van der Waals surface area (Å²) in [5.41, 5.74) is 11.0. The minimum Gasteiger partial charge on any atom is -0.455 e. The quantitative estimate of drug-likeness (QED) is 0.175. The molecule has 61 heavy (non-hydrogen) atoms. The Balaban J connectivity index is 1.10. The second kappa shape index (κ2) is 13.1. The molecule has 0 fully saturated rings. The van der Waals surface area contributed by atoms with Crippen molar-refractivity contribution in [1.82, 2.24) is 24.1 Å². The summed E-state index contributed by atoms with van der Waals surface area (Å²) in [5, 5.41) is 9.09. The van der Waals surface area contributed by atoms with Gasteiger partial charge in [-0.3, -0.25) is 0 Å². The van der Waals surface area contributed by atoms with Gasteiger partial charge in [-0.05, 0) is 59.3 Å². The first kappa shape index (κ1) is 33.6. The molecule has 0 saturated carbocycles. The second-order valence-corrected chi connectivity index (χ2v) is 15.6. The average Bonchev–Trinajstić information content (AvgIpc) is 4.00. The van der Waals surface area contributed by atoms with Crippen LogP contribution < -0.4 is 0 Å². The number of benzene rings is 9. The lowest BCUT2D eigenvalue weighted by Crippen LogP contribution is -2.00. The van der Waals surface area contributed by atoms with E-state index in [1.54, 1.807) is 0 Å². The number of aromatic nitrogens is 5. The lowest BCUT2D eigenvalue weighted by atomic mass is 9.99. The van der Waals surface area contributed by atoms with Gasteiger partial charge in [-0.2, -0.15) is 0 Å². The minimum absolute atomic E-state index is 0.558. The third-order valence-corrected chi connectivity index (χ3v) is 12.1. The van der Waals surface area contributed by atoms with Gasteiger partial charge in [-0.25, -0.2) is 15.0 Å². The van der Waals surface area contributed by atoms with Gasteiger partial charge < -0.3 is 13.6 Å². The Bertz CT molecular complexity index is 3810. The predicted molar refractivity (Wildman–Crippen MR) is 250 cm³/mol. The van der Waals surface area contributed by atoms with Gasteiger partial charge in [0.1, 0.15) is 11.2 Å². The van der Waals surface area contributed by atoms with Crippen LogP contribution in [0.1, 0.15) is 0 Å². The van der Waals surface area contributed by atoms with Crippen LogP contribution in [0, 0.1) is 0 Å². The van der Waals surface area contributed by atoms with Crippen LogP contribution in [-0.4, -0.2) is 24.1 Å². The molecule has 0 aliphatic rings. The van der Waals surface area contributed by atoms with Crippen LogP contribution in [0.25, 0.3) is 122 Å². The van der Waals surface area contributed by atoms with Crippen molar-refractivity contribution in [2.24, 2.45) is 0 Å². The van der Waals surface area contributed by atoms with Crippen LogP contribution in [0.3, 0.4) is 0 Å². The first-order chi connectivity index (χ1) is 30.3. The molecule has 13 rings (SSSR count). The standard InChI is InChI=1S/C55H33N5O/c1-4-16-34(17-5-1)53-56-54(35-18-6-2-7-19-35)58-55(57-53)44-32-36-20-10-11-23-39(36)49-43-29-28-38(33-48(43)61-52(44)49)60-45-26-14-12-24-40(45)41-30-31-47-50(51(41)60)42-25-13-15-27-46(42)59(47)37-21-8-3-9-22-37/h1-33H. The van der Waals surface area contributed by atoms with E-state index in [1.165, 1.54) is 32.6 Å². The molecular formula is C55H33N5O. The Hall–Kier alpha value is -8.35. The van der Waals surface area contributed by atoms with Crippen LogP contribution in [-0.2, 0) is 0 Å². The first-order valence-electron chi connectivity index (χ1n) is 20.5. The Labute approximate surface area is 349 Å². The van der Waals surface area contributed by atoms with Crippen LogP contribution in [0.5, 0.6) is 0 Å². The fourth-order valence-electron chi connectivity index (χ4n) is 9.48. The molecule has 284 valence electrons. The Morgan fingerprint density at radius 2 is 0.934 bits per heavy atom. The molecule has 0 atom stereocenters. The van der Waals surface area contributed by atoms with Gasteiger partial charge in [0.15, 0.2) is 17.5 Å². The highest BCUT2D eigenvalue weighted by atomic mass is 16.3. The maximum Gasteiger partial charge on any atom is 0.167 e. The number of nitrogens with zero attached hydrogens (tertiary/aromatic N) is 5. The summed E-state index contributed by atoms with van der Waals surface area (Å²) in [4.78, 5) is 15.3. The number of fused-ring (bicyclic) bond motifs is 12. The fraction of sp³-hybridized carbons (Fsp3) is 0. The van der Waals surface area contributed by atoms with Gasteiger partial charge in [-0.15, -0.1) is 0 Å². The monoisotopic (exact) mass is 779 g/mol. The van der Waals surface area contributed by atoms with Crippen molar-refractivity contribution < 1.29 is 4.42 Å². The van der Waals surface area contributed by atoms with Gasteiger partial charge in [-0.1, -0.05) is 146 Å². The Morgan fingerprint density at radius 1 is 0.361 bits per heavy atom. The van der Waals surface area contributed by atoms with E-state index in [-0.39, 0.29) is 0 Å². The topological polar surface area (TPSA) is 61.7 Å². The second-order valence-electron chi connectivity index (χ2n) is 15.6. The molecule has 0 aliphatic heterocycles. The van der Waals surface area contributed by atoms with E-state index in [0.717, 1.165) is 71.8 Å². The summed E-state index contributed by atoms with van der Waals surface area (Å²) >= 11 is 0. The highest BCUT2D eigenvalue weighted by Crippen LogP contribution is 2.45. The molecule has 0 aliphatic carbocycles. The van der Waals surface area contributed by atoms with Crippen molar-refractivity contribution in [3.05, 3.63) is 200 Å². The third kappa shape index (κ3) is 5.06. The lowest BCUT2D eigenvalue weighted by Gasteiger charge is -2.10. The SMILES string of the molecule is c1ccc(-c2nc(-c3ccccc3)nc(-c3cc4ccccc4c4c3oc3cc(-n5c6ccccc6c6ccc7c(c8ccccc8n7-c7ccccc7)c65)ccc34)n2)cc1. The Kier molecular flexibility index (Phi) is 7.21. The molecule has 0 unspecified atom stereocenters. The highest BCUT2D eigenvalue weighted by Gasteiger charge is 2.24. The van der Waals surface area contributed by atoms with Gasteiger partial charge >= 0.3 is 0 Å². The zero-order valence-electron chi connectivity index (χ0n) is 32.7. The van der Waals surface area contributed by atoms with Crippen LogP contribution in [0.4, 0.5) is 0 Å². The number of hydrogen-bond acceptors (Lipinski definition) is 4. The number of rotatable bonds is 5. The normalized spacial score (nSPS) is 11.9. The molecule has 0 radical (unpaired) electrons. The van der Waals surface area contributed by atoms with E-state index in [1.807, 2.05) is 60.7 Å². The van der Waals surface area contributed by atoms with Gasteiger partial charge in [0.2, 0.25) is 0 Å². The molecule has 4 heterocycles. The fourth-order valence-corrected chi connectivity index (χ4v) is 9.48. The lowest BCUT2D eigenvalue weighted by molar-refractivity contribution is 0.669. The van der Waals surface area contributed by atoms with Gasteiger partial charge in [0, 0.05) is 60.9 Å². The van der Waals surface area contributed by atoms with Crippen molar-refractivity contribution in [1.29, 1.82) is 0 Å². The molecule has 6 nitrogen and oxygen atoms in total. The van der Waals surface area contributed by atoms with Crippen molar-refractivity contribution in [2.45, 2.75) is 0 Å². The van der Waals surface area contributed by atoms with E-state index in [0.29, 0.717) is 17.5 Å². The molecule has 4 aromatic heterocycles. The summed E-state index contributed by atoms with van der Waals surface area (Å²) in [5.74, 6) is 1.77. The summed E-state index contributed by atoms with van der Waals surface area (Å²) in [7, 11) is 0. The van der Waals surface area contributed by atoms with E-state index < -0.39 is 0 Å². The van der Waals surface area contributed by atoms with E-state index >= 15 is 0 Å². The van der Waals surface area contributed by atoms with Crippen molar-refractivity contribution in [3.63, 3.8) is 0 Å². The molecule has 0 bridgehead atoms. The zero-order chi connectivity index (χ0) is 40.0. The van der Waals surface area contributed by atoms with Crippen molar-refractivity contribution in [2.75, 3.05) is 0 Å². The van der Waals surface area contributed by atoms with Crippen molar-refractivity contribution in [3.8, 4) is 45.5 Å². The molecule has 6 heteroatoms. The van der Waals surface area contributed by atoms with Crippen molar-refractivity contribution >= 4 is 76.3 Å². The summed E-state index contributed by atoms with van der Waals surface area (Å²) in [6, 6.07) is 70.2. The molecule has 13 aromatic rings. The van der Waals surface area contributed by atoms with E-state index in [4.69, 9.17) is 19.4 Å². The molecule has 9 aromatic carbocycles. The summed E-state index contributed by atoms with van der Waals surface area (Å²) in [6.45, 7) is 0. The number of para-hydroxylation sites is 3. The predicted octanol–water partition coefficient (Wildman–Crippen LogP) is 14.1. The van der Waals surface area contributed by atoms with Gasteiger partial charge in [0.05, 0.1) is 27.6 Å². The molecular weight excluding hydrogens is 747 g/mol. The van der Waals surface area contributed by atoms with E-state index in [2.05, 4.69) is 149 Å². The summed E-state index contributed by atoms with van der Waals surface area (Å²) in [6.07, 6.45) is 0. The average molecular weight is 780 g/mol. The van der Waals surface area contributed by atoms with Crippen LogP contribution in [0.2, 0.25) is 0 Å². The van der Waals surface area contributed by atoms with Crippen LogP contribution >= 0.6 is 0 Å². The number of furan rings is 1. The summed E-state index contributed by atoms with van der Waals surface area (Å²) < 4.78 is 11.9. The number of hydrogen-bond donors (Lipinski definition) is 0. The molecule has 0 saturated heterocycles.